The highest BCUT2D eigenvalue weighted by Gasteiger charge is 2.18. The molecule has 0 radical (unpaired) electrons. The Morgan fingerprint density at radius 2 is 2.17 bits per heavy atom. The van der Waals surface area contributed by atoms with E-state index >= 15 is 0 Å². The molecule has 1 amide bonds. The summed E-state index contributed by atoms with van der Waals surface area (Å²) in [5.41, 5.74) is 0.172. The summed E-state index contributed by atoms with van der Waals surface area (Å²) in [6, 6.07) is 1.87. The molecule has 0 spiro atoms. The van der Waals surface area contributed by atoms with Crippen LogP contribution in [0.3, 0.4) is 0 Å². The number of aliphatic hydroxyl groups excluding tert-OH is 1. The number of carboxylic acids is 1. The van der Waals surface area contributed by atoms with Gasteiger partial charge in [0.25, 0.3) is 5.56 Å². The summed E-state index contributed by atoms with van der Waals surface area (Å²) in [5.74, 6) is -1.98. The number of amides is 1. The Labute approximate surface area is 103 Å². The van der Waals surface area contributed by atoms with E-state index in [4.69, 9.17) is 10.2 Å². The first kappa shape index (κ1) is 13.9. The molecule has 1 heterocycles. The third-order valence-electron chi connectivity index (χ3n) is 2.34. The molecule has 0 bridgehead atoms. The zero-order valence-corrected chi connectivity index (χ0v) is 9.79. The fourth-order valence-electron chi connectivity index (χ4n) is 1.36. The number of aryl methyl sites for hydroxylation is 1. The molecule has 0 saturated heterocycles. The third-order valence-corrected chi connectivity index (χ3v) is 2.34. The first-order chi connectivity index (χ1) is 8.45. The van der Waals surface area contributed by atoms with Crippen molar-refractivity contribution in [3.8, 4) is 0 Å². The number of aliphatic carboxylic acids is 1. The molecule has 7 heteroatoms. The molecule has 3 N–H and O–H groups in total. The van der Waals surface area contributed by atoms with Gasteiger partial charge in [-0.05, 0) is 13.0 Å². The minimum atomic E-state index is -1.36. The number of pyridine rings is 1. The van der Waals surface area contributed by atoms with Gasteiger partial charge in [-0.3, -0.25) is 9.59 Å². The van der Waals surface area contributed by atoms with E-state index in [9.17, 15) is 14.4 Å². The Hall–Kier alpha value is -2.15. The number of rotatable bonds is 5. The van der Waals surface area contributed by atoms with E-state index in [1.807, 2.05) is 0 Å². The Balaban J connectivity index is 2.73. The van der Waals surface area contributed by atoms with Gasteiger partial charge < -0.3 is 20.1 Å². The first-order valence-corrected chi connectivity index (χ1v) is 5.24. The average Bonchev–Trinajstić information content (AvgIpc) is 2.31. The molecule has 98 valence electrons. The standard InChI is InChI=1S/C11H14N2O5/c1-7-3-2-4-13(10(7)16)5-9(15)12-8(6-14)11(17)18/h2-4,8,14H,5-6H2,1H3,(H,12,15)(H,17,18). The van der Waals surface area contributed by atoms with Crippen molar-refractivity contribution in [1.82, 2.24) is 9.88 Å². The molecule has 0 saturated carbocycles. The molecule has 0 fully saturated rings. The smallest absolute Gasteiger partial charge is 0.328 e. The molecule has 1 rings (SSSR count). The molecular formula is C11H14N2O5. The van der Waals surface area contributed by atoms with E-state index in [0.717, 1.165) is 0 Å². The molecular weight excluding hydrogens is 240 g/mol. The quantitative estimate of drug-likeness (QED) is 0.606. The number of hydrogen-bond acceptors (Lipinski definition) is 4. The van der Waals surface area contributed by atoms with Gasteiger partial charge in [-0.15, -0.1) is 0 Å². The van der Waals surface area contributed by atoms with Crippen LogP contribution >= 0.6 is 0 Å². The Morgan fingerprint density at radius 1 is 1.50 bits per heavy atom. The number of hydrogen-bond donors (Lipinski definition) is 3. The average molecular weight is 254 g/mol. The summed E-state index contributed by atoms with van der Waals surface area (Å²) in [5, 5.41) is 19.5. The Bertz CT molecular complexity index is 508. The summed E-state index contributed by atoms with van der Waals surface area (Å²) in [6.45, 7) is 0.624. The van der Waals surface area contributed by atoms with Crippen molar-refractivity contribution in [2.75, 3.05) is 6.61 Å². The molecule has 18 heavy (non-hydrogen) atoms. The number of aliphatic hydroxyl groups is 1. The number of nitrogens with one attached hydrogen (secondary N) is 1. The van der Waals surface area contributed by atoms with Crippen LogP contribution in [0.4, 0.5) is 0 Å². The maximum atomic E-state index is 11.6. The fraction of sp³-hybridized carbons (Fsp3) is 0.364. The normalized spacial score (nSPS) is 11.9. The molecule has 0 aliphatic carbocycles. The summed E-state index contributed by atoms with van der Waals surface area (Å²) >= 11 is 0. The van der Waals surface area contributed by atoms with E-state index in [-0.39, 0.29) is 12.1 Å². The minimum Gasteiger partial charge on any atom is -0.480 e. The van der Waals surface area contributed by atoms with Crippen LogP contribution in [0, 0.1) is 6.92 Å². The van der Waals surface area contributed by atoms with Crippen LogP contribution in [0.5, 0.6) is 0 Å². The van der Waals surface area contributed by atoms with Crippen LogP contribution in [-0.2, 0) is 16.1 Å². The van der Waals surface area contributed by atoms with Gasteiger partial charge in [0.1, 0.15) is 12.6 Å². The summed E-state index contributed by atoms with van der Waals surface area (Å²) < 4.78 is 1.17. The van der Waals surface area contributed by atoms with Crippen molar-refractivity contribution in [3.05, 3.63) is 34.2 Å². The lowest BCUT2D eigenvalue weighted by molar-refractivity contribution is -0.143. The van der Waals surface area contributed by atoms with Crippen LogP contribution in [0.2, 0.25) is 0 Å². The fourth-order valence-corrected chi connectivity index (χ4v) is 1.36. The van der Waals surface area contributed by atoms with Crippen molar-refractivity contribution < 1.29 is 19.8 Å². The van der Waals surface area contributed by atoms with E-state index in [1.165, 1.54) is 10.8 Å². The topological polar surface area (TPSA) is 109 Å². The predicted octanol–water partition coefficient (Wildman–Crippen LogP) is -1.28. The maximum absolute atomic E-state index is 11.6. The lowest BCUT2D eigenvalue weighted by Crippen LogP contribution is -2.45. The molecule has 1 aromatic rings. The number of nitrogens with zero attached hydrogens (tertiary/aromatic N) is 1. The van der Waals surface area contributed by atoms with Gasteiger partial charge in [0, 0.05) is 11.8 Å². The molecule has 7 nitrogen and oxygen atoms in total. The third kappa shape index (κ3) is 3.42. The zero-order valence-electron chi connectivity index (χ0n) is 9.79. The summed E-state index contributed by atoms with van der Waals surface area (Å²) in [4.78, 5) is 33.7. The molecule has 1 atom stereocenters. The van der Waals surface area contributed by atoms with E-state index in [1.54, 1.807) is 19.1 Å². The maximum Gasteiger partial charge on any atom is 0.328 e. The predicted molar refractivity (Wildman–Crippen MR) is 62.1 cm³/mol. The lowest BCUT2D eigenvalue weighted by atomic mass is 10.3. The highest BCUT2D eigenvalue weighted by molar-refractivity contribution is 5.83. The van der Waals surface area contributed by atoms with E-state index < -0.39 is 24.5 Å². The Kier molecular flexibility index (Phi) is 4.61. The van der Waals surface area contributed by atoms with Crippen LogP contribution in [0.1, 0.15) is 5.56 Å². The number of carbonyl (C=O) groups is 2. The van der Waals surface area contributed by atoms with Crippen molar-refractivity contribution in [2.24, 2.45) is 0 Å². The van der Waals surface area contributed by atoms with E-state index in [0.29, 0.717) is 5.56 Å². The van der Waals surface area contributed by atoms with Crippen molar-refractivity contribution in [2.45, 2.75) is 19.5 Å². The van der Waals surface area contributed by atoms with Crippen LogP contribution in [-0.4, -0.2) is 39.3 Å². The molecule has 0 aliphatic rings. The monoisotopic (exact) mass is 254 g/mol. The number of carbonyl (C=O) groups excluding carboxylic acids is 1. The van der Waals surface area contributed by atoms with Crippen LogP contribution in [0.15, 0.2) is 23.1 Å². The van der Waals surface area contributed by atoms with Crippen molar-refractivity contribution >= 4 is 11.9 Å². The SMILES string of the molecule is Cc1cccn(CC(=O)NC(CO)C(=O)O)c1=O. The largest absolute Gasteiger partial charge is 0.480 e. The van der Waals surface area contributed by atoms with Gasteiger partial charge in [-0.2, -0.15) is 0 Å². The molecule has 1 unspecified atom stereocenters. The van der Waals surface area contributed by atoms with Gasteiger partial charge in [0.2, 0.25) is 5.91 Å². The van der Waals surface area contributed by atoms with Gasteiger partial charge in [0.15, 0.2) is 0 Å². The second-order valence-electron chi connectivity index (χ2n) is 3.77. The molecule has 0 aliphatic heterocycles. The van der Waals surface area contributed by atoms with Crippen LogP contribution in [0.25, 0.3) is 0 Å². The summed E-state index contributed by atoms with van der Waals surface area (Å²) in [7, 11) is 0. The van der Waals surface area contributed by atoms with Gasteiger partial charge in [-0.25, -0.2) is 4.79 Å². The highest BCUT2D eigenvalue weighted by Crippen LogP contribution is 1.90. The Morgan fingerprint density at radius 3 is 2.72 bits per heavy atom. The second kappa shape index (κ2) is 5.97. The van der Waals surface area contributed by atoms with Gasteiger partial charge in [-0.1, -0.05) is 6.07 Å². The zero-order chi connectivity index (χ0) is 13.7. The van der Waals surface area contributed by atoms with Crippen molar-refractivity contribution in [3.63, 3.8) is 0 Å². The number of carboxylic acid groups (broad SMARTS) is 1. The minimum absolute atomic E-state index is 0.287. The van der Waals surface area contributed by atoms with Crippen molar-refractivity contribution in [1.29, 1.82) is 0 Å². The molecule has 1 aromatic heterocycles. The highest BCUT2D eigenvalue weighted by atomic mass is 16.4. The second-order valence-corrected chi connectivity index (χ2v) is 3.77. The van der Waals surface area contributed by atoms with Crippen LogP contribution < -0.4 is 10.9 Å². The summed E-state index contributed by atoms with van der Waals surface area (Å²) in [6.07, 6.45) is 1.43. The van der Waals surface area contributed by atoms with E-state index in [2.05, 4.69) is 5.32 Å². The molecule has 0 aromatic carbocycles. The lowest BCUT2D eigenvalue weighted by Gasteiger charge is -2.12. The van der Waals surface area contributed by atoms with Gasteiger partial charge in [0.05, 0.1) is 6.61 Å². The number of aromatic nitrogens is 1. The van der Waals surface area contributed by atoms with Gasteiger partial charge >= 0.3 is 5.97 Å². The first-order valence-electron chi connectivity index (χ1n) is 5.24.